The van der Waals surface area contributed by atoms with Crippen molar-refractivity contribution in [3.63, 3.8) is 0 Å². The molecule has 140 valence electrons. The van der Waals surface area contributed by atoms with E-state index in [2.05, 4.69) is 10.2 Å². The Morgan fingerprint density at radius 2 is 1.62 bits per heavy atom. The maximum absolute atomic E-state index is 12.9. The molecule has 0 bridgehead atoms. The van der Waals surface area contributed by atoms with Crippen LogP contribution in [-0.2, 0) is 10.2 Å². The highest BCUT2D eigenvalue weighted by molar-refractivity contribution is 7.86. The maximum Gasteiger partial charge on any atom is 0.282 e. The number of amides is 1. The largest absolute Gasteiger partial charge is 0.336 e. The van der Waals surface area contributed by atoms with Gasteiger partial charge in [0, 0.05) is 44.7 Å². The second-order valence-electron chi connectivity index (χ2n) is 6.78. The molecule has 3 heterocycles. The van der Waals surface area contributed by atoms with E-state index in [9.17, 15) is 13.2 Å². The molecule has 2 aromatic rings. The molecular formula is C17H23N5O3S. The van der Waals surface area contributed by atoms with Crippen molar-refractivity contribution in [2.45, 2.75) is 19.3 Å². The van der Waals surface area contributed by atoms with Crippen LogP contribution in [0.15, 0.2) is 24.3 Å². The number of fused-ring (bicyclic) bond motifs is 1. The molecule has 0 atom stereocenters. The van der Waals surface area contributed by atoms with Crippen molar-refractivity contribution >= 4 is 27.0 Å². The number of carbonyl (C=O) groups excluding carboxylic acids is 1. The van der Waals surface area contributed by atoms with E-state index in [0.717, 1.165) is 23.7 Å². The Bertz CT molecular complexity index is 904. The highest BCUT2D eigenvalue weighted by Crippen LogP contribution is 2.20. The molecule has 26 heavy (non-hydrogen) atoms. The van der Waals surface area contributed by atoms with Crippen molar-refractivity contribution in [3.8, 4) is 0 Å². The first kappa shape index (κ1) is 17.4. The first-order valence-electron chi connectivity index (χ1n) is 9.05. The fraction of sp³-hybridized carbons (Fsp3) is 0.529. The van der Waals surface area contributed by atoms with Gasteiger partial charge >= 0.3 is 0 Å². The summed E-state index contributed by atoms with van der Waals surface area (Å²) in [6.07, 6.45) is 2.47. The second kappa shape index (κ2) is 6.98. The Morgan fingerprint density at radius 3 is 2.42 bits per heavy atom. The minimum atomic E-state index is -3.42. The molecule has 1 aromatic heterocycles. The van der Waals surface area contributed by atoms with Gasteiger partial charge in [-0.15, -0.1) is 0 Å². The van der Waals surface area contributed by atoms with Crippen molar-refractivity contribution in [2.75, 3.05) is 39.3 Å². The molecule has 2 fully saturated rings. The average Bonchev–Trinajstić information content (AvgIpc) is 3.26. The Labute approximate surface area is 152 Å². The predicted molar refractivity (Wildman–Crippen MR) is 97.9 cm³/mol. The molecule has 1 amide bonds. The number of aromatic nitrogens is 2. The van der Waals surface area contributed by atoms with E-state index in [1.165, 1.54) is 4.31 Å². The van der Waals surface area contributed by atoms with Gasteiger partial charge in [0.1, 0.15) is 0 Å². The number of para-hydroxylation sites is 1. The zero-order chi connectivity index (χ0) is 18.1. The molecule has 8 nitrogen and oxygen atoms in total. The number of benzene rings is 1. The van der Waals surface area contributed by atoms with Crippen LogP contribution in [0, 0.1) is 0 Å². The monoisotopic (exact) mass is 377 g/mol. The number of hydrogen-bond acceptors (Lipinski definition) is 4. The lowest BCUT2D eigenvalue weighted by atomic mass is 10.2. The Hall–Kier alpha value is -1.97. The van der Waals surface area contributed by atoms with E-state index in [4.69, 9.17) is 0 Å². The molecular weight excluding hydrogens is 354 g/mol. The van der Waals surface area contributed by atoms with Crippen LogP contribution in [0.1, 0.15) is 29.8 Å². The number of aromatic amines is 1. The number of rotatable bonds is 3. The molecule has 4 rings (SSSR count). The van der Waals surface area contributed by atoms with Gasteiger partial charge in [-0.2, -0.15) is 22.1 Å². The fourth-order valence-corrected chi connectivity index (χ4v) is 5.40. The van der Waals surface area contributed by atoms with Crippen LogP contribution in [0.2, 0.25) is 0 Å². The third-order valence-electron chi connectivity index (χ3n) is 5.13. The van der Waals surface area contributed by atoms with Gasteiger partial charge in [0.05, 0.1) is 5.52 Å². The van der Waals surface area contributed by atoms with Crippen molar-refractivity contribution in [3.05, 3.63) is 30.0 Å². The number of nitrogens with zero attached hydrogens (tertiary/aromatic N) is 4. The summed E-state index contributed by atoms with van der Waals surface area (Å²) in [5.74, 6) is -0.150. The third kappa shape index (κ3) is 3.10. The van der Waals surface area contributed by atoms with Gasteiger partial charge in [-0.3, -0.25) is 9.89 Å². The minimum Gasteiger partial charge on any atom is -0.336 e. The van der Waals surface area contributed by atoms with Crippen LogP contribution in [0.25, 0.3) is 10.9 Å². The molecule has 0 spiro atoms. The highest BCUT2D eigenvalue weighted by Gasteiger charge is 2.33. The lowest BCUT2D eigenvalue weighted by Crippen LogP contribution is -2.44. The van der Waals surface area contributed by atoms with E-state index in [1.54, 1.807) is 9.21 Å². The van der Waals surface area contributed by atoms with Crippen LogP contribution in [0.5, 0.6) is 0 Å². The highest BCUT2D eigenvalue weighted by atomic mass is 32.2. The van der Waals surface area contributed by atoms with E-state index < -0.39 is 10.2 Å². The molecule has 2 aliphatic rings. The molecule has 2 aliphatic heterocycles. The first-order chi connectivity index (χ1) is 12.6. The zero-order valence-corrected chi connectivity index (χ0v) is 15.4. The van der Waals surface area contributed by atoms with E-state index in [0.29, 0.717) is 51.4 Å². The maximum atomic E-state index is 12.9. The fourth-order valence-electron chi connectivity index (χ4n) is 3.69. The summed E-state index contributed by atoms with van der Waals surface area (Å²) in [7, 11) is -3.42. The second-order valence-corrected chi connectivity index (χ2v) is 8.70. The summed E-state index contributed by atoms with van der Waals surface area (Å²) < 4.78 is 28.6. The van der Waals surface area contributed by atoms with Crippen LogP contribution in [-0.4, -0.2) is 77.3 Å². The Balaban J connectivity index is 1.49. The van der Waals surface area contributed by atoms with Gasteiger partial charge in [0.25, 0.3) is 16.1 Å². The number of carbonyl (C=O) groups is 1. The number of nitrogens with one attached hydrogen (secondary N) is 1. The van der Waals surface area contributed by atoms with Gasteiger partial charge in [-0.05, 0) is 25.3 Å². The summed E-state index contributed by atoms with van der Waals surface area (Å²) in [5.41, 5.74) is 1.22. The topological polar surface area (TPSA) is 89.6 Å². The summed E-state index contributed by atoms with van der Waals surface area (Å²) in [4.78, 5) is 14.6. The van der Waals surface area contributed by atoms with Crippen molar-refractivity contribution in [1.82, 2.24) is 23.7 Å². The summed E-state index contributed by atoms with van der Waals surface area (Å²) in [5, 5.41) is 7.85. The molecule has 0 radical (unpaired) electrons. The van der Waals surface area contributed by atoms with Gasteiger partial charge < -0.3 is 4.90 Å². The number of hydrogen-bond donors (Lipinski definition) is 1. The Morgan fingerprint density at radius 1 is 0.923 bits per heavy atom. The van der Waals surface area contributed by atoms with E-state index in [-0.39, 0.29) is 5.91 Å². The van der Waals surface area contributed by atoms with Gasteiger partial charge in [-0.1, -0.05) is 18.2 Å². The molecule has 0 saturated carbocycles. The first-order valence-corrected chi connectivity index (χ1v) is 10.4. The van der Waals surface area contributed by atoms with Crippen molar-refractivity contribution in [2.24, 2.45) is 0 Å². The molecule has 2 saturated heterocycles. The SMILES string of the molecule is O=C(c1n[nH]c2ccccc12)N1CCCN(S(=O)(=O)N2CCCC2)CC1. The van der Waals surface area contributed by atoms with Crippen LogP contribution < -0.4 is 0 Å². The standard InChI is InChI=1S/C17H23N5O3S/c23-17(16-14-6-1-2-7-15(14)18-19-16)20-8-5-11-22(13-12-20)26(24,25)21-9-3-4-10-21/h1-2,6-7H,3-5,8-13H2,(H,18,19). The normalized spacial score (nSPS) is 20.5. The Kier molecular flexibility index (Phi) is 4.68. The predicted octanol–water partition coefficient (Wildman–Crippen LogP) is 1.05. The summed E-state index contributed by atoms with van der Waals surface area (Å²) in [6.45, 7) is 2.89. The lowest BCUT2D eigenvalue weighted by molar-refractivity contribution is 0.0760. The molecule has 0 unspecified atom stereocenters. The molecule has 1 aromatic carbocycles. The van der Waals surface area contributed by atoms with E-state index in [1.807, 2.05) is 24.3 Å². The average molecular weight is 377 g/mol. The molecule has 0 aliphatic carbocycles. The van der Waals surface area contributed by atoms with Gasteiger partial charge in [-0.25, -0.2) is 0 Å². The van der Waals surface area contributed by atoms with Crippen LogP contribution >= 0.6 is 0 Å². The number of H-pyrrole nitrogens is 1. The van der Waals surface area contributed by atoms with Crippen LogP contribution in [0.4, 0.5) is 0 Å². The van der Waals surface area contributed by atoms with Crippen molar-refractivity contribution in [1.29, 1.82) is 0 Å². The summed E-state index contributed by atoms with van der Waals surface area (Å²) >= 11 is 0. The van der Waals surface area contributed by atoms with E-state index >= 15 is 0 Å². The van der Waals surface area contributed by atoms with Crippen LogP contribution in [0.3, 0.4) is 0 Å². The third-order valence-corrected chi connectivity index (χ3v) is 7.17. The molecule has 9 heteroatoms. The smallest absolute Gasteiger partial charge is 0.282 e. The minimum absolute atomic E-state index is 0.150. The zero-order valence-electron chi connectivity index (χ0n) is 14.6. The van der Waals surface area contributed by atoms with Gasteiger partial charge in [0.15, 0.2) is 5.69 Å². The summed E-state index contributed by atoms with van der Waals surface area (Å²) in [6, 6.07) is 7.52. The lowest BCUT2D eigenvalue weighted by Gasteiger charge is -2.26. The molecule has 1 N–H and O–H groups in total. The van der Waals surface area contributed by atoms with Gasteiger partial charge in [0.2, 0.25) is 0 Å². The van der Waals surface area contributed by atoms with Crippen molar-refractivity contribution < 1.29 is 13.2 Å². The quantitative estimate of drug-likeness (QED) is 0.866.